The van der Waals surface area contributed by atoms with Gasteiger partial charge in [-0.3, -0.25) is 9.59 Å². The quantitative estimate of drug-likeness (QED) is 0.830. The first kappa shape index (κ1) is 14.3. The molecule has 19 heavy (non-hydrogen) atoms. The molecule has 1 aromatic rings. The molecule has 0 saturated heterocycles. The van der Waals surface area contributed by atoms with Gasteiger partial charge in [0.15, 0.2) is 0 Å². The number of ketones is 1. The first-order chi connectivity index (χ1) is 9.16. The van der Waals surface area contributed by atoms with Crippen LogP contribution >= 0.6 is 11.3 Å². The minimum atomic E-state index is 0.218. The highest BCUT2D eigenvalue weighted by atomic mass is 32.1. The zero-order chi connectivity index (χ0) is 13.7. The van der Waals surface area contributed by atoms with Crippen molar-refractivity contribution in [1.29, 1.82) is 0 Å². The number of nitrogens with zero attached hydrogens (tertiary/aromatic N) is 1. The van der Waals surface area contributed by atoms with Gasteiger partial charge in [-0.15, -0.1) is 11.3 Å². The monoisotopic (exact) mass is 279 g/mol. The lowest BCUT2D eigenvalue weighted by Gasteiger charge is -2.30. The van der Waals surface area contributed by atoms with Gasteiger partial charge < -0.3 is 4.90 Å². The Morgan fingerprint density at radius 3 is 2.79 bits per heavy atom. The Balaban J connectivity index is 1.71. The van der Waals surface area contributed by atoms with E-state index in [9.17, 15) is 9.59 Å². The maximum atomic E-state index is 12.1. The molecule has 1 amide bonds. The van der Waals surface area contributed by atoms with Crippen LogP contribution in [-0.2, 0) is 16.0 Å². The molecule has 1 saturated carbocycles. The third-order valence-corrected chi connectivity index (χ3v) is 4.78. The van der Waals surface area contributed by atoms with Crippen LogP contribution < -0.4 is 0 Å². The van der Waals surface area contributed by atoms with Gasteiger partial charge in [-0.05, 0) is 37.1 Å². The van der Waals surface area contributed by atoms with Crippen LogP contribution in [0.5, 0.6) is 0 Å². The number of carbonyl (C=O) groups excluding carboxylic acids is 2. The minimum absolute atomic E-state index is 0.218. The van der Waals surface area contributed by atoms with Gasteiger partial charge in [0.1, 0.15) is 5.78 Å². The van der Waals surface area contributed by atoms with E-state index in [4.69, 9.17) is 0 Å². The number of rotatable bonds is 5. The number of hydrogen-bond donors (Lipinski definition) is 0. The van der Waals surface area contributed by atoms with E-state index in [0.717, 1.165) is 25.7 Å². The molecule has 0 N–H and O–H groups in total. The highest BCUT2D eigenvalue weighted by Crippen LogP contribution is 2.20. The zero-order valence-corrected chi connectivity index (χ0v) is 12.2. The summed E-state index contributed by atoms with van der Waals surface area (Å²) in [5, 5.41) is 2.07. The molecule has 0 atom stereocenters. The third-order valence-electron chi connectivity index (χ3n) is 3.85. The van der Waals surface area contributed by atoms with Crippen molar-refractivity contribution >= 4 is 23.0 Å². The first-order valence-electron chi connectivity index (χ1n) is 6.96. The fourth-order valence-electron chi connectivity index (χ4n) is 2.56. The van der Waals surface area contributed by atoms with Gasteiger partial charge in [-0.25, -0.2) is 0 Å². The van der Waals surface area contributed by atoms with E-state index in [-0.39, 0.29) is 11.9 Å². The normalized spacial score (nSPS) is 16.6. The molecule has 2 rings (SSSR count). The van der Waals surface area contributed by atoms with Crippen LogP contribution in [0, 0.1) is 0 Å². The van der Waals surface area contributed by atoms with Crippen LogP contribution in [0.25, 0.3) is 0 Å². The Bertz CT molecular complexity index is 417. The summed E-state index contributed by atoms with van der Waals surface area (Å²) in [5.41, 5.74) is 0. The molecule has 4 heteroatoms. The molecule has 3 nitrogen and oxygen atoms in total. The van der Waals surface area contributed by atoms with Crippen LogP contribution in [0.4, 0.5) is 0 Å². The van der Waals surface area contributed by atoms with Gasteiger partial charge in [0.05, 0.1) is 0 Å². The smallest absolute Gasteiger partial charge is 0.222 e. The minimum Gasteiger partial charge on any atom is -0.343 e. The molecule has 0 radical (unpaired) electrons. The van der Waals surface area contributed by atoms with Crippen LogP contribution in [-0.4, -0.2) is 29.7 Å². The average molecular weight is 279 g/mol. The van der Waals surface area contributed by atoms with Crippen molar-refractivity contribution in [3.63, 3.8) is 0 Å². The molecule has 0 bridgehead atoms. The summed E-state index contributed by atoms with van der Waals surface area (Å²) in [5.74, 6) is 0.561. The zero-order valence-electron chi connectivity index (χ0n) is 11.4. The molecule has 0 aromatic carbocycles. The molecular weight excluding hydrogens is 258 g/mol. The summed E-state index contributed by atoms with van der Waals surface area (Å²) in [6, 6.07) is 4.44. The van der Waals surface area contributed by atoms with Gasteiger partial charge in [0.2, 0.25) is 5.91 Å². The largest absolute Gasteiger partial charge is 0.343 e. The van der Waals surface area contributed by atoms with E-state index < -0.39 is 0 Å². The predicted molar refractivity (Wildman–Crippen MR) is 77.3 cm³/mol. The number of aryl methyl sites for hydroxylation is 1. The van der Waals surface area contributed by atoms with Gasteiger partial charge >= 0.3 is 0 Å². The van der Waals surface area contributed by atoms with E-state index in [0.29, 0.717) is 25.0 Å². The molecule has 1 fully saturated rings. The van der Waals surface area contributed by atoms with Crippen LogP contribution in [0.3, 0.4) is 0 Å². The molecule has 0 unspecified atom stereocenters. The van der Waals surface area contributed by atoms with E-state index in [1.807, 2.05) is 18.0 Å². The SMILES string of the molecule is CN(C(=O)CCCc1cccs1)C1CCC(=O)CC1. The van der Waals surface area contributed by atoms with E-state index >= 15 is 0 Å². The summed E-state index contributed by atoms with van der Waals surface area (Å²) in [7, 11) is 1.88. The predicted octanol–water partition coefficient (Wildman–Crippen LogP) is 3.04. The van der Waals surface area contributed by atoms with Crippen molar-refractivity contribution in [2.45, 2.75) is 51.0 Å². The van der Waals surface area contributed by atoms with E-state index in [1.54, 1.807) is 11.3 Å². The topological polar surface area (TPSA) is 37.4 Å². The van der Waals surface area contributed by atoms with Crippen molar-refractivity contribution in [2.24, 2.45) is 0 Å². The average Bonchev–Trinajstić information content (AvgIpc) is 2.92. The summed E-state index contributed by atoms with van der Waals surface area (Å²) < 4.78 is 0. The number of amides is 1. The lowest BCUT2D eigenvalue weighted by molar-refractivity contribution is -0.134. The van der Waals surface area contributed by atoms with E-state index in [2.05, 4.69) is 11.4 Å². The summed E-state index contributed by atoms with van der Waals surface area (Å²) in [6.45, 7) is 0. The van der Waals surface area contributed by atoms with Crippen molar-refractivity contribution in [2.75, 3.05) is 7.05 Å². The second-order valence-corrected chi connectivity index (χ2v) is 6.24. The molecule has 1 aliphatic rings. The second kappa shape index (κ2) is 6.85. The highest BCUT2D eigenvalue weighted by molar-refractivity contribution is 7.09. The van der Waals surface area contributed by atoms with Crippen LogP contribution in [0.1, 0.15) is 43.4 Å². The molecule has 1 aromatic heterocycles. The number of hydrogen-bond acceptors (Lipinski definition) is 3. The Labute approximate surface area is 118 Å². The standard InChI is InChI=1S/C15H21NO2S/c1-16(12-7-9-13(17)10-8-12)15(18)6-2-4-14-5-3-11-19-14/h3,5,11-12H,2,4,6-10H2,1H3. The first-order valence-corrected chi connectivity index (χ1v) is 7.84. The fourth-order valence-corrected chi connectivity index (χ4v) is 3.31. The summed E-state index contributed by atoms with van der Waals surface area (Å²) in [6.07, 6.45) is 5.46. The molecular formula is C15H21NO2S. The number of Topliss-reactive ketones (excluding diaryl/α,β-unsaturated/α-hetero) is 1. The Hall–Kier alpha value is -1.16. The molecule has 104 valence electrons. The number of thiophene rings is 1. The lowest BCUT2D eigenvalue weighted by Crippen LogP contribution is -2.39. The van der Waals surface area contributed by atoms with Crippen LogP contribution in [0.15, 0.2) is 17.5 Å². The van der Waals surface area contributed by atoms with Gasteiger partial charge in [0.25, 0.3) is 0 Å². The van der Waals surface area contributed by atoms with E-state index in [1.165, 1.54) is 4.88 Å². The van der Waals surface area contributed by atoms with Gasteiger partial charge in [0, 0.05) is 37.2 Å². The van der Waals surface area contributed by atoms with Crippen LogP contribution in [0.2, 0.25) is 0 Å². The van der Waals surface area contributed by atoms with Crippen molar-refractivity contribution in [3.8, 4) is 0 Å². The second-order valence-electron chi connectivity index (χ2n) is 5.21. The molecule has 0 aliphatic heterocycles. The molecule has 1 heterocycles. The van der Waals surface area contributed by atoms with Gasteiger partial charge in [-0.1, -0.05) is 6.07 Å². The Morgan fingerprint density at radius 2 is 2.16 bits per heavy atom. The summed E-state index contributed by atoms with van der Waals surface area (Å²) in [4.78, 5) is 26.5. The third kappa shape index (κ3) is 4.16. The highest BCUT2D eigenvalue weighted by Gasteiger charge is 2.24. The summed E-state index contributed by atoms with van der Waals surface area (Å²) >= 11 is 1.75. The van der Waals surface area contributed by atoms with Gasteiger partial charge in [-0.2, -0.15) is 0 Å². The maximum Gasteiger partial charge on any atom is 0.222 e. The molecule has 1 aliphatic carbocycles. The Kier molecular flexibility index (Phi) is 5.14. The van der Waals surface area contributed by atoms with Crippen molar-refractivity contribution in [1.82, 2.24) is 4.90 Å². The van der Waals surface area contributed by atoms with Crippen molar-refractivity contribution < 1.29 is 9.59 Å². The van der Waals surface area contributed by atoms with Crippen molar-refractivity contribution in [3.05, 3.63) is 22.4 Å². The lowest BCUT2D eigenvalue weighted by atomic mass is 9.93. The maximum absolute atomic E-state index is 12.1. The molecule has 0 spiro atoms. The fraction of sp³-hybridized carbons (Fsp3) is 0.600. The number of carbonyl (C=O) groups is 2. The Morgan fingerprint density at radius 1 is 1.42 bits per heavy atom.